The molecule has 0 radical (unpaired) electrons. The number of nitrogens with one attached hydrogen (secondary N) is 1. The lowest BCUT2D eigenvalue weighted by atomic mass is 10.0. The van der Waals surface area contributed by atoms with Crippen molar-refractivity contribution in [3.8, 4) is 5.75 Å². The average molecular weight is 307 g/mol. The van der Waals surface area contributed by atoms with Crippen molar-refractivity contribution < 1.29 is 4.74 Å². The van der Waals surface area contributed by atoms with Crippen LogP contribution in [-0.2, 0) is 6.42 Å². The van der Waals surface area contributed by atoms with Gasteiger partial charge >= 0.3 is 0 Å². The van der Waals surface area contributed by atoms with E-state index in [1.807, 2.05) is 13.0 Å². The first-order chi connectivity index (χ1) is 10.1. The molecule has 2 rings (SSSR count). The molecule has 1 N–H and O–H groups in total. The number of hydrogen-bond acceptors (Lipinski definition) is 3. The minimum absolute atomic E-state index is 0.720. The second-order valence-electron chi connectivity index (χ2n) is 5.25. The number of benzene rings is 1. The molecule has 0 saturated carbocycles. The molecule has 0 amide bonds. The van der Waals surface area contributed by atoms with Gasteiger partial charge in [-0.25, -0.2) is 4.98 Å². The Kier molecular flexibility index (Phi) is 5.29. The Labute approximate surface area is 131 Å². The van der Waals surface area contributed by atoms with Crippen molar-refractivity contribution in [3.05, 3.63) is 28.3 Å². The third-order valence-electron chi connectivity index (χ3n) is 3.64. The van der Waals surface area contributed by atoms with Gasteiger partial charge < -0.3 is 10.1 Å². The smallest absolute Gasteiger partial charge is 0.146 e. The van der Waals surface area contributed by atoms with Gasteiger partial charge in [-0.3, -0.25) is 0 Å². The van der Waals surface area contributed by atoms with Crippen LogP contribution in [0.15, 0.2) is 12.1 Å². The van der Waals surface area contributed by atoms with Crippen LogP contribution >= 0.6 is 11.6 Å². The minimum atomic E-state index is 0.720. The number of methoxy groups -OCH3 is 1. The number of hydrogen-bond donors (Lipinski definition) is 1. The summed E-state index contributed by atoms with van der Waals surface area (Å²) in [5.41, 5.74) is 3.17. The SMILES string of the molecule is CCCNc1nc2c(OC)cc(Cl)c(C)c2cc1CCC. The van der Waals surface area contributed by atoms with Crippen molar-refractivity contribution in [1.29, 1.82) is 0 Å². The lowest BCUT2D eigenvalue weighted by Gasteiger charge is -2.15. The molecule has 114 valence electrons. The molecule has 1 aromatic carbocycles. The van der Waals surface area contributed by atoms with E-state index in [4.69, 9.17) is 21.3 Å². The van der Waals surface area contributed by atoms with Gasteiger partial charge in [-0.15, -0.1) is 0 Å². The highest BCUT2D eigenvalue weighted by molar-refractivity contribution is 6.32. The van der Waals surface area contributed by atoms with Crippen LogP contribution in [-0.4, -0.2) is 18.6 Å². The Hall–Kier alpha value is -1.48. The van der Waals surface area contributed by atoms with Gasteiger partial charge in [0.25, 0.3) is 0 Å². The largest absolute Gasteiger partial charge is 0.494 e. The molecule has 0 bridgehead atoms. The molecule has 0 atom stereocenters. The van der Waals surface area contributed by atoms with Crippen LogP contribution in [0.25, 0.3) is 10.9 Å². The molecule has 4 heteroatoms. The quantitative estimate of drug-likeness (QED) is 0.817. The number of rotatable bonds is 6. The fraction of sp³-hybridized carbons (Fsp3) is 0.471. The standard InChI is InChI=1S/C17H23ClN2O/c1-5-7-12-9-13-11(3)14(18)10-15(21-4)16(13)20-17(12)19-8-6-2/h9-10H,5-8H2,1-4H3,(H,19,20). The fourth-order valence-electron chi connectivity index (χ4n) is 2.46. The van der Waals surface area contributed by atoms with E-state index < -0.39 is 0 Å². The fourth-order valence-corrected chi connectivity index (χ4v) is 2.66. The zero-order valence-corrected chi connectivity index (χ0v) is 14.0. The molecule has 3 nitrogen and oxygen atoms in total. The summed E-state index contributed by atoms with van der Waals surface area (Å²) in [6.45, 7) is 7.28. The summed E-state index contributed by atoms with van der Waals surface area (Å²) in [4.78, 5) is 4.81. The third kappa shape index (κ3) is 3.24. The van der Waals surface area contributed by atoms with Crippen molar-refractivity contribution in [1.82, 2.24) is 4.98 Å². The first kappa shape index (κ1) is 15.9. The van der Waals surface area contributed by atoms with E-state index in [1.54, 1.807) is 7.11 Å². The second-order valence-corrected chi connectivity index (χ2v) is 5.66. The molecule has 1 aromatic heterocycles. The van der Waals surface area contributed by atoms with Gasteiger partial charge in [0.15, 0.2) is 0 Å². The Morgan fingerprint density at radius 1 is 1.24 bits per heavy atom. The molecule has 0 saturated heterocycles. The summed E-state index contributed by atoms with van der Waals surface area (Å²) in [6.07, 6.45) is 3.16. The van der Waals surface area contributed by atoms with Gasteiger partial charge in [0.05, 0.1) is 7.11 Å². The number of halogens is 1. The Morgan fingerprint density at radius 3 is 2.62 bits per heavy atom. The van der Waals surface area contributed by atoms with Crippen LogP contribution in [0, 0.1) is 6.92 Å². The molecule has 0 spiro atoms. The summed E-state index contributed by atoms with van der Waals surface area (Å²) in [7, 11) is 1.65. The van der Waals surface area contributed by atoms with Crippen molar-refractivity contribution in [2.24, 2.45) is 0 Å². The van der Waals surface area contributed by atoms with E-state index in [0.717, 1.165) is 58.9 Å². The minimum Gasteiger partial charge on any atom is -0.494 e. The maximum absolute atomic E-state index is 6.30. The number of pyridine rings is 1. The first-order valence-corrected chi connectivity index (χ1v) is 7.90. The van der Waals surface area contributed by atoms with E-state index >= 15 is 0 Å². The summed E-state index contributed by atoms with van der Waals surface area (Å²) < 4.78 is 5.45. The van der Waals surface area contributed by atoms with Gasteiger partial charge in [-0.05, 0) is 37.0 Å². The monoisotopic (exact) mass is 306 g/mol. The molecule has 0 unspecified atom stereocenters. The maximum Gasteiger partial charge on any atom is 0.146 e. The molecule has 0 fully saturated rings. The maximum atomic E-state index is 6.30. The van der Waals surface area contributed by atoms with Crippen molar-refractivity contribution in [3.63, 3.8) is 0 Å². The Bertz CT molecular complexity index is 640. The summed E-state index contributed by atoms with van der Waals surface area (Å²) in [6, 6.07) is 4.04. The van der Waals surface area contributed by atoms with E-state index in [9.17, 15) is 0 Å². The van der Waals surface area contributed by atoms with Crippen LogP contribution in [0.2, 0.25) is 5.02 Å². The molecule has 1 heterocycles. The third-order valence-corrected chi connectivity index (χ3v) is 4.03. The van der Waals surface area contributed by atoms with Crippen molar-refractivity contribution in [2.45, 2.75) is 40.0 Å². The number of fused-ring (bicyclic) bond motifs is 1. The van der Waals surface area contributed by atoms with E-state index in [2.05, 4.69) is 25.2 Å². The van der Waals surface area contributed by atoms with Crippen molar-refractivity contribution in [2.75, 3.05) is 19.0 Å². The molecule has 21 heavy (non-hydrogen) atoms. The predicted octanol–water partition coefficient (Wildman–Crippen LogP) is 4.98. The molecular formula is C17H23ClN2O. The second kappa shape index (κ2) is 6.99. The molecular weight excluding hydrogens is 284 g/mol. The lowest BCUT2D eigenvalue weighted by Crippen LogP contribution is -2.06. The van der Waals surface area contributed by atoms with Crippen LogP contribution in [0.4, 0.5) is 5.82 Å². The van der Waals surface area contributed by atoms with Gasteiger partial charge in [0, 0.05) is 23.0 Å². The molecule has 2 aromatic rings. The first-order valence-electron chi connectivity index (χ1n) is 7.52. The van der Waals surface area contributed by atoms with Crippen molar-refractivity contribution >= 4 is 28.3 Å². The van der Waals surface area contributed by atoms with Crippen LogP contribution in [0.3, 0.4) is 0 Å². The van der Waals surface area contributed by atoms with Gasteiger partial charge in [0.1, 0.15) is 17.1 Å². The van der Waals surface area contributed by atoms with Gasteiger partial charge in [-0.1, -0.05) is 31.9 Å². The topological polar surface area (TPSA) is 34.2 Å². The zero-order valence-electron chi connectivity index (χ0n) is 13.2. The van der Waals surface area contributed by atoms with Gasteiger partial charge in [-0.2, -0.15) is 0 Å². The number of anilines is 1. The normalized spacial score (nSPS) is 10.9. The van der Waals surface area contributed by atoms with Crippen LogP contribution < -0.4 is 10.1 Å². The molecule has 0 aliphatic heterocycles. The average Bonchev–Trinajstić information content (AvgIpc) is 2.49. The number of aryl methyl sites for hydroxylation is 2. The zero-order chi connectivity index (χ0) is 15.4. The predicted molar refractivity (Wildman–Crippen MR) is 90.8 cm³/mol. The molecule has 0 aliphatic carbocycles. The number of ether oxygens (including phenoxy) is 1. The van der Waals surface area contributed by atoms with E-state index in [1.165, 1.54) is 5.56 Å². The lowest BCUT2D eigenvalue weighted by molar-refractivity contribution is 0.419. The van der Waals surface area contributed by atoms with Crippen LogP contribution in [0.5, 0.6) is 5.75 Å². The number of aromatic nitrogens is 1. The Balaban J connectivity index is 2.67. The highest BCUT2D eigenvalue weighted by atomic mass is 35.5. The Morgan fingerprint density at radius 2 is 2.00 bits per heavy atom. The highest BCUT2D eigenvalue weighted by Gasteiger charge is 2.14. The molecule has 0 aliphatic rings. The van der Waals surface area contributed by atoms with Crippen LogP contribution in [0.1, 0.15) is 37.8 Å². The van der Waals surface area contributed by atoms with E-state index in [0.29, 0.717) is 0 Å². The summed E-state index contributed by atoms with van der Waals surface area (Å²) in [5.74, 6) is 1.69. The van der Waals surface area contributed by atoms with Gasteiger partial charge in [0.2, 0.25) is 0 Å². The highest BCUT2D eigenvalue weighted by Crippen LogP contribution is 2.35. The summed E-state index contributed by atoms with van der Waals surface area (Å²) in [5, 5.41) is 5.22. The van der Waals surface area contributed by atoms with E-state index in [-0.39, 0.29) is 0 Å². The summed E-state index contributed by atoms with van der Waals surface area (Å²) >= 11 is 6.30. The number of nitrogens with zero attached hydrogens (tertiary/aromatic N) is 1.